The monoisotopic (exact) mass is 403 g/mol. The average Bonchev–Trinajstić information content (AvgIpc) is 3.17. The third-order valence-electron chi connectivity index (χ3n) is 5.05. The number of halogens is 1. The first-order valence-electron chi connectivity index (χ1n) is 9.33. The van der Waals surface area contributed by atoms with Crippen LogP contribution in [0.4, 0.5) is 4.39 Å². The van der Waals surface area contributed by atoms with Crippen LogP contribution in [0.25, 0.3) is 5.70 Å². The van der Waals surface area contributed by atoms with E-state index < -0.39 is 17.2 Å². The molecule has 28 heavy (non-hydrogen) atoms. The van der Waals surface area contributed by atoms with Crippen molar-refractivity contribution in [1.82, 2.24) is 5.32 Å². The maximum absolute atomic E-state index is 14.4. The fourth-order valence-corrected chi connectivity index (χ4v) is 4.03. The Morgan fingerprint density at radius 2 is 1.96 bits per heavy atom. The predicted molar refractivity (Wildman–Crippen MR) is 111 cm³/mol. The summed E-state index contributed by atoms with van der Waals surface area (Å²) >= 11 is 1.28. The van der Waals surface area contributed by atoms with Crippen LogP contribution in [0, 0.1) is 11.2 Å². The Labute approximate surface area is 169 Å². The molecule has 0 unspecified atom stereocenters. The van der Waals surface area contributed by atoms with E-state index in [1.165, 1.54) is 23.5 Å². The van der Waals surface area contributed by atoms with Gasteiger partial charge < -0.3 is 14.8 Å². The second-order valence-corrected chi connectivity index (χ2v) is 7.79. The van der Waals surface area contributed by atoms with Gasteiger partial charge in [0.15, 0.2) is 11.6 Å². The van der Waals surface area contributed by atoms with Crippen LogP contribution < -0.4 is 10.1 Å². The first kappa shape index (κ1) is 21.8. The summed E-state index contributed by atoms with van der Waals surface area (Å²) in [4.78, 5) is 25.2. The van der Waals surface area contributed by atoms with E-state index in [4.69, 9.17) is 4.74 Å². The van der Waals surface area contributed by atoms with Gasteiger partial charge in [0, 0.05) is 28.6 Å². The normalized spacial score (nSPS) is 12.0. The number of hydrogen-bond donors (Lipinski definition) is 1. The van der Waals surface area contributed by atoms with E-state index in [0.29, 0.717) is 16.9 Å². The minimum atomic E-state index is -0.604. The van der Waals surface area contributed by atoms with Crippen LogP contribution in [0.3, 0.4) is 0 Å². The molecular weight excluding hydrogens is 377 g/mol. The van der Waals surface area contributed by atoms with Crippen molar-refractivity contribution in [2.24, 2.45) is 5.41 Å². The van der Waals surface area contributed by atoms with Crippen LogP contribution in [0.15, 0.2) is 36.4 Å². The Morgan fingerprint density at radius 1 is 1.25 bits per heavy atom. The van der Waals surface area contributed by atoms with E-state index in [9.17, 15) is 14.0 Å². The second-order valence-electron chi connectivity index (χ2n) is 6.62. The lowest BCUT2D eigenvalue weighted by molar-refractivity contribution is -0.116. The zero-order chi connectivity index (χ0) is 20.7. The van der Waals surface area contributed by atoms with Crippen molar-refractivity contribution in [3.63, 3.8) is 0 Å². The molecule has 6 heteroatoms. The van der Waals surface area contributed by atoms with Gasteiger partial charge in [0.1, 0.15) is 11.2 Å². The van der Waals surface area contributed by atoms with Crippen molar-refractivity contribution < 1.29 is 18.7 Å². The lowest BCUT2D eigenvalue weighted by Crippen LogP contribution is -2.23. The molecule has 1 aromatic heterocycles. The smallest absolute Gasteiger partial charge is 0.353 e. The van der Waals surface area contributed by atoms with Gasteiger partial charge in [-0.25, -0.2) is 9.18 Å². The number of rotatable bonds is 9. The summed E-state index contributed by atoms with van der Waals surface area (Å²) in [6.45, 7) is 5.82. The number of benzene rings is 1. The summed E-state index contributed by atoms with van der Waals surface area (Å²) in [6, 6.07) is 7.96. The summed E-state index contributed by atoms with van der Waals surface area (Å²) in [6.07, 6.45) is 4.90. The molecule has 0 aliphatic carbocycles. The third-order valence-corrected chi connectivity index (χ3v) is 6.12. The third kappa shape index (κ3) is 4.87. The highest BCUT2D eigenvalue weighted by Gasteiger charge is 2.27. The van der Waals surface area contributed by atoms with Gasteiger partial charge >= 0.3 is 5.97 Å². The van der Waals surface area contributed by atoms with Crippen molar-refractivity contribution in [3.8, 4) is 5.75 Å². The molecule has 0 spiro atoms. The van der Waals surface area contributed by atoms with Crippen LogP contribution in [-0.4, -0.2) is 19.3 Å². The topological polar surface area (TPSA) is 55.4 Å². The lowest BCUT2D eigenvalue weighted by atomic mass is 9.80. The first-order chi connectivity index (χ1) is 13.4. The van der Waals surface area contributed by atoms with Crippen LogP contribution in [0.5, 0.6) is 5.75 Å². The number of carbonyl (C=O) groups excluding carboxylic acids is 2. The van der Waals surface area contributed by atoms with Crippen LogP contribution in [-0.2, 0) is 11.2 Å². The Morgan fingerprint density at radius 3 is 2.50 bits per heavy atom. The molecule has 0 bridgehead atoms. The zero-order valence-corrected chi connectivity index (χ0v) is 17.5. The minimum absolute atomic E-state index is 0.111. The molecule has 0 radical (unpaired) electrons. The minimum Gasteiger partial charge on any atom is -0.419 e. The Bertz CT molecular complexity index is 868. The summed E-state index contributed by atoms with van der Waals surface area (Å²) in [5, 5.41) is 2.98. The van der Waals surface area contributed by atoms with Gasteiger partial charge in [-0.05, 0) is 56.5 Å². The van der Waals surface area contributed by atoms with Gasteiger partial charge in [-0.1, -0.05) is 19.9 Å². The lowest BCUT2D eigenvalue weighted by Gasteiger charge is -2.23. The number of thiophene rings is 1. The van der Waals surface area contributed by atoms with Gasteiger partial charge in [-0.2, -0.15) is 0 Å². The van der Waals surface area contributed by atoms with Crippen molar-refractivity contribution in [1.29, 1.82) is 0 Å². The van der Waals surface area contributed by atoms with E-state index in [2.05, 4.69) is 5.32 Å². The predicted octanol–water partition coefficient (Wildman–Crippen LogP) is 5.23. The molecule has 1 N–H and O–H groups in total. The van der Waals surface area contributed by atoms with Crippen LogP contribution in [0.1, 0.15) is 53.7 Å². The van der Waals surface area contributed by atoms with E-state index in [1.54, 1.807) is 19.2 Å². The maximum atomic E-state index is 14.4. The van der Waals surface area contributed by atoms with Crippen molar-refractivity contribution in [2.45, 2.75) is 40.0 Å². The number of carbonyl (C=O) groups is 2. The molecule has 0 saturated heterocycles. The molecule has 0 aliphatic rings. The Balaban J connectivity index is 2.14. The molecule has 2 rings (SSSR count). The highest BCUT2D eigenvalue weighted by molar-refractivity contribution is 7.13. The summed E-state index contributed by atoms with van der Waals surface area (Å²) in [7, 11) is 1.76. The van der Waals surface area contributed by atoms with Gasteiger partial charge in [0.05, 0.1) is 0 Å². The number of ether oxygens (including phenoxy) is 1. The van der Waals surface area contributed by atoms with E-state index in [1.807, 2.05) is 32.9 Å². The number of allylic oxidation sites excluding steroid dienone is 1. The number of esters is 1. The SMILES string of the molecule is C/C=C(\NC)c1ccc(OC(=O)c2ccc(CC(C=O)(CC)CC)s2)c(F)c1. The fraction of sp³-hybridized carbons (Fsp3) is 0.364. The van der Waals surface area contributed by atoms with Crippen LogP contribution in [0.2, 0.25) is 0 Å². The zero-order valence-electron chi connectivity index (χ0n) is 16.7. The number of nitrogens with one attached hydrogen (secondary N) is 1. The largest absolute Gasteiger partial charge is 0.419 e. The molecule has 4 nitrogen and oxygen atoms in total. The fourth-order valence-electron chi connectivity index (χ4n) is 2.99. The summed E-state index contributed by atoms with van der Waals surface area (Å²) in [5.74, 6) is -1.32. The summed E-state index contributed by atoms with van der Waals surface area (Å²) < 4.78 is 19.6. The van der Waals surface area contributed by atoms with E-state index in [-0.39, 0.29) is 5.75 Å². The van der Waals surface area contributed by atoms with Crippen molar-refractivity contribution in [3.05, 3.63) is 57.5 Å². The number of aldehydes is 1. The highest BCUT2D eigenvalue weighted by atomic mass is 32.1. The second kappa shape index (κ2) is 9.64. The van der Waals surface area contributed by atoms with Crippen molar-refractivity contribution >= 4 is 29.3 Å². The molecule has 0 atom stereocenters. The molecule has 0 amide bonds. The maximum Gasteiger partial charge on any atom is 0.353 e. The number of hydrogen-bond acceptors (Lipinski definition) is 5. The van der Waals surface area contributed by atoms with E-state index >= 15 is 0 Å². The van der Waals surface area contributed by atoms with Gasteiger partial charge in [-0.3, -0.25) is 0 Å². The van der Waals surface area contributed by atoms with Crippen molar-refractivity contribution in [2.75, 3.05) is 7.05 Å². The first-order valence-corrected chi connectivity index (χ1v) is 10.1. The van der Waals surface area contributed by atoms with Gasteiger partial charge in [-0.15, -0.1) is 11.3 Å². The average molecular weight is 404 g/mol. The highest BCUT2D eigenvalue weighted by Crippen LogP contribution is 2.32. The quantitative estimate of drug-likeness (QED) is 0.354. The van der Waals surface area contributed by atoms with E-state index in [0.717, 1.165) is 29.7 Å². The molecule has 2 aromatic rings. The molecule has 0 fully saturated rings. The molecule has 1 heterocycles. The van der Waals surface area contributed by atoms with Gasteiger partial charge in [0.2, 0.25) is 0 Å². The van der Waals surface area contributed by atoms with Crippen LogP contribution >= 0.6 is 11.3 Å². The molecule has 1 aromatic carbocycles. The Hall–Kier alpha value is -2.47. The van der Waals surface area contributed by atoms with Gasteiger partial charge in [0.25, 0.3) is 0 Å². The molecule has 0 aliphatic heterocycles. The molecule has 150 valence electrons. The summed E-state index contributed by atoms with van der Waals surface area (Å²) in [5.41, 5.74) is 1.04. The Kier molecular flexibility index (Phi) is 7.52. The molecular formula is C22H26FNO3S. The molecule has 0 saturated carbocycles. The standard InChI is InChI=1S/C22H26FNO3S/c1-5-18(24-4)15-8-10-19(17(23)12-15)27-21(26)20-11-9-16(28-20)13-22(6-2,7-3)14-25/h5,8-12,14,24H,6-7,13H2,1-4H3/b18-5-.